The first kappa shape index (κ1) is 14.7. The predicted octanol–water partition coefficient (Wildman–Crippen LogP) is 2.19. The van der Waals surface area contributed by atoms with Gasteiger partial charge in [0, 0.05) is 26.4 Å². The number of hydrogen-bond acceptors (Lipinski definition) is 3. The quantitative estimate of drug-likeness (QED) is 0.353. The Morgan fingerprint density at radius 3 is 2.24 bits per heavy atom. The minimum Gasteiger partial charge on any atom is -0.409 e. The molecule has 4 aliphatic rings. The van der Waals surface area contributed by atoms with E-state index in [1.54, 1.807) is 4.90 Å². The van der Waals surface area contributed by atoms with E-state index in [2.05, 4.69) is 5.16 Å². The van der Waals surface area contributed by atoms with Crippen LogP contribution in [0.3, 0.4) is 0 Å². The van der Waals surface area contributed by atoms with Crippen molar-refractivity contribution in [1.82, 2.24) is 4.90 Å². The molecule has 0 aliphatic heterocycles. The van der Waals surface area contributed by atoms with E-state index in [0.717, 1.165) is 17.8 Å². The number of amidine groups is 1. The van der Waals surface area contributed by atoms with Crippen LogP contribution < -0.4 is 5.73 Å². The molecular formula is C16H27N3O2. The van der Waals surface area contributed by atoms with Gasteiger partial charge in [-0.25, -0.2) is 0 Å². The Hall–Kier alpha value is -1.26. The predicted molar refractivity (Wildman–Crippen MR) is 80.9 cm³/mol. The first-order valence-electron chi connectivity index (χ1n) is 8.20. The van der Waals surface area contributed by atoms with Gasteiger partial charge < -0.3 is 15.8 Å². The Morgan fingerprint density at radius 2 is 1.76 bits per heavy atom. The van der Waals surface area contributed by atoms with Gasteiger partial charge in [-0.3, -0.25) is 4.79 Å². The summed E-state index contributed by atoms with van der Waals surface area (Å²) in [6, 6.07) is 0. The molecule has 0 aromatic heterocycles. The molecule has 0 aromatic rings. The molecule has 21 heavy (non-hydrogen) atoms. The maximum atomic E-state index is 12.5. The van der Waals surface area contributed by atoms with Crippen molar-refractivity contribution in [2.45, 2.75) is 51.4 Å². The third kappa shape index (κ3) is 3.01. The van der Waals surface area contributed by atoms with E-state index in [4.69, 9.17) is 10.9 Å². The molecule has 4 fully saturated rings. The van der Waals surface area contributed by atoms with Gasteiger partial charge in [-0.05, 0) is 61.7 Å². The summed E-state index contributed by atoms with van der Waals surface area (Å²) in [5.41, 5.74) is 5.76. The minimum atomic E-state index is 0.185. The lowest BCUT2D eigenvalue weighted by atomic mass is 9.49. The summed E-state index contributed by atoms with van der Waals surface area (Å²) in [5.74, 6) is 3.05. The van der Waals surface area contributed by atoms with Crippen molar-refractivity contribution < 1.29 is 10.0 Å². The Labute approximate surface area is 126 Å². The van der Waals surface area contributed by atoms with Crippen LogP contribution in [0.4, 0.5) is 0 Å². The Balaban J connectivity index is 1.57. The first-order chi connectivity index (χ1) is 9.99. The van der Waals surface area contributed by atoms with Gasteiger partial charge in [0.25, 0.3) is 0 Å². The molecule has 4 bridgehead atoms. The molecule has 3 N–H and O–H groups in total. The summed E-state index contributed by atoms with van der Waals surface area (Å²) in [6.45, 7) is 0.529. The molecule has 1 amide bonds. The average Bonchev–Trinajstić information content (AvgIpc) is 2.42. The SMILES string of the molecule is CN(CCC(N)=NO)C(=O)CC12CC3CC(CC(C3)C1)C2. The fraction of sp³-hybridized carbons (Fsp3) is 0.875. The Bertz CT molecular complexity index is 412. The number of hydrogen-bond donors (Lipinski definition) is 2. The van der Waals surface area contributed by atoms with E-state index < -0.39 is 0 Å². The van der Waals surface area contributed by atoms with Gasteiger partial charge in [-0.1, -0.05) is 5.16 Å². The molecule has 0 aromatic carbocycles. The van der Waals surface area contributed by atoms with Crippen LogP contribution >= 0.6 is 0 Å². The van der Waals surface area contributed by atoms with Gasteiger partial charge >= 0.3 is 0 Å². The number of oxime groups is 1. The molecule has 0 saturated heterocycles. The van der Waals surface area contributed by atoms with Crippen molar-refractivity contribution >= 4 is 11.7 Å². The number of rotatable bonds is 5. The highest BCUT2D eigenvalue weighted by molar-refractivity contribution is 5.81. The van der Waals surface area contributed by atoms with Gasteiger partial charge in [0.15, 0.2) is 0 Å². The van der Waals surface area contributed by atoms with Gasteiger partial charge in [-0.2, -0.15) is 0 Å². The average molecular weight is 293 g/mol. The summed E-state index contributed by atoms with van der Waals surface area (Å²) in [6.07, 6.45) is 9.14. The number of amides is 1. The summed E-state index contributed by atoms with van der Waals surface area (Å²) >= 11 is 0. The van der Waals surface area contributed by atoms with Crippen molar-refractivity contribution in [2.75, 3.05) is 13.6 Å². The van der Waals surface area contributed by atoms with Crippen LogP contribution in [0.1, 0.15) is 51.4 Å². The molecule has 0 atom stereocenters. The van der Waals surface area contributed by atoms with Crippen LogP contribution in [-0.4, -0.2) is 35.4 Å². The van der Waals surface area contributed by atoms with Crippen LogP contribution in [0.15, 0.2) is 5.16 Å². The molecule has 118 valence electrons. The van der Waals surface area contributed by atoms with Gasteiger partial charge in [0.2, 0.25) is 5.91 Å². The molecule has 0 heterocycles. The normalized spacial score (nSPS) is 37.8. The molecule has 5 heteroatoms. The highest BCUT2D eigenvalue weighted by Gasteiger charge is 2.51. The highest BCUT2D eigenvalue weighted by atomic mass is 16.4. The second-order valence-electron chi connectivity index (χ2n) is 7.75. The fourth-order valence-electron chi connectivity index (χ4n) is 5.42. The molecule has 0 radical (unpaired) electrons. The smallest absolute Gasteiger partial charge is 0.222 e. The van der Waals surface area contributed by atoms with Crippen molar-refractivity contribution in [3.05, 3.63) is 0 Å². The maximum Gasteiger partial charge on any atom is 0.222 e. The molecule has 4 saturated carbocycles. The van der Waals surface area contributed by atoms with E-state index in [0.29, 0.717) is 19.4 Å². The monoisotopic (exact) mass is 293 g/mol. The van der Waals surface area contributed by atoms with Crippen molar-refractivity contribution in [3.63, 3.8) is 0 Å². The second kappa shape index (κ2) is 5.50. The summed E-state index contributed by atoms with van der Waals surface area (Å²) in [5, 5.41) is 11.5. The summed E-state index contributed by atoms with van der Waals surface area (Å²) in [7, 11) is 1.83. The lowest BCUT2D eigenvalue weighted by Crippen LogP contribution is -2.48. The Morgan fingerprint density at radius 1 is 1.24 bits per heavy atom. The number of nitrogens with two attached hydrogens (primary N) is 1. The number of carbonyl (C=O) groups excluding carboxylic acids is 1. The van der Waals surface area contributed by atoms with E-state index in [1.165, 1.54) is 38.5 Å². The molecular weight excluding hydrogens is 266 g/mol. The zero-order chi connectivity index (χ0) is 15.0. The van der Waals surface area contributed by atoms with Gasteiger partial charge in [0.1, 0.15) is 5.84 Å². The number of carbonyl (C=O) groups is 1. The second-order valence-corrected chi connectivity index (χ2v) is 7.75. The molecule has 0 spiro atoms. The van der Waals surface area contributed by atoms with Crippen LogP contribution in [0.5, 0.6) is 0 Å². The van der Waals surface area contributed by atoms with Crippen LogP contribution in [0.2, 0.25) is 0 Å². The highest BCUT2D eigenvalue weighted by Crippen LogP contribution is 2.61. The van der Waals surface area contributed by atoms with Crippen LogP contribution in [-0.2, 0) is 4.79 Å². The lowest BCUT2D eigenvalue weighted by molar-refractivity contribution is -0.138. The van der Waals surface area contributed by atoms with E-state index in [1.807, 2.05) is 7.05 Å². The van der Waals surface area contributed by atoms with Gasteiger partial charge in [0.05, 0.1) is 0 Å². The minimum absolute atomic E-state index is 0.185. The van der Waals surface area contributed by atoms with E-state index >= 15 is 0 Å². The third-order valence-electron chi connectivity index (χ3n) is 5.95. The Kier molecular flexibility index (Phi) is 3.84. The van der Waals surface area contributed by atoms with E-state index in [-0.39, 0.29) is 17.2 Å². The summed E-state index contributed by atoms with van der Waals surface area (Å²) in [4.78, 5) is 14.3. The fourth-order valence-corrected chi connectivity index (χ4v) is 5.42. The van der Waals surface area contributed by atoms with Crippen molar-refractivity contribution in [3.8, 4) is 0 Å². The molecule has 4 aliphatic carbocycles. The van der Waals surface area contributed by atoms with Crippen LogP contribution in [0.25, 0.3) is 0 Å². The topological polar surface area (TPSA) is 78.9 Å². The number of nitrogens with zero attached hydrogens (tertiary/aromatic N) is 2. The van der Waals surface area contributed by atoms with Gasteiger partial charge in [-0.15, -0.1) is 0 Å². The third-order valence-corrected chi connectivity index (χ3v) is 5.95. The first-order valence-corrected chi connectivity index (χ1v) is 8.20. The zero-order valence-corrected chi connectivity index (χ0v) is 12.9. The lowest BCUT2D eigenvalue weighted by Gasteiger charge is -2.56. The molecule has 5 nitrogen and oxygen atoms in total. The molecule has 0 unspecified atom stereocenters. The largest absolute Gasteiger partial charge is 0.409 e. The van der Waals surface area contributed by atoms with E-state index in [9.17, 15) is 4.79 Å². The standard InChI is InChI=1S/C16H27N3O2/c1-19(3-2-14(17)18-21)15(20)10-16-7-11-4-12(8-16)6-13(5-11)9-16/h11-13,21H,2-10H2,1H3,(H2,17,18). The van der Waals surface area contributed by atoms with Crippen molar-refractivity contribution in [2.24, 2.45) is 34.1 Å². The maximum absolute atomic E-state index is 12.5. The summed E-state index contributed by atoms with van der Waals surface area (Å²) < 4.78 is 0. The van der Waals surface area contributed by atoms with Crippen molar-refractivity contribution in [1.29, 1.82) is 0 Å². The zero-order valence-electron chi connectivity index (χ0n) is 12.9. The van der Waals surface area contributed by atoms with Crippen LogP contribution in [0, 0.1) is 23.2 Å². The molecule has 4 rings (SSSR count).